The summed E-state index contributed by atoms with van der Waals surface area (Å²) in [6, 6.07) is 0. The van der Waals surface area contributed by atoms with E-state index in [9.17, 15) is 9.59 Å². The van der Waals surface area contributed by atoms with E-state index in [1.165, 1.54) is 0 Å². The average molecular weight is 268 g/mol. The SMILES string of the molecule is CC/C=C/C(=O)NCCCCCCNC(=O)C(C)C. The molecule has 0 fully saturated rings. The first-order valence-electron chi connectivity index (χ1n) is 7.30. The minimum Gasteiger partial charge on any atom is -0.356 e. The number of carbonyl (C=O) groups is 2. The zero-order valence-corrected chi connectivity index (χ0v) is 12.5. The number of nitrogens with one attached hydrogen (secondary N) is 2. The van der Waals surface area contributed by atoms with E-state index in [1.807, 2.05) is 26.8 Å². The summed E-state index contributed by atoms with van der Waals surface area (Å²) in [6.07, 6.45) is 8.48. The molecule has 0 radical (unpaired) electrons. The monoisotopic (exact) mass is 268 g/mol. The number of unbranched alkanes of at least 4 members (excludes halogenated alkanes) is 3. The van der Waals surface area contributed by atoms with Gasteiger partial charge in [-0.1, -0.05) is 39.7 Å². The molecule has 4 heteroatoms. The van der Waals surface area contributed by atoms with Crippen molar-refractivity contribution < 1.29 is 9.59 Å². The lowest BCUT2D eigenvalue weighted by Gasteiger charge is -2.07. The lowest BCUT2D eigenvalue weighted by atomic mass is 10.1. The normalized spacial score (nSPS) is 10.9. The predicted molar refractivity (Wildman–Crippen MR) is 78.8 cm³/mol. The Bertz CT molecular complexity index is 286. The van der Waals surface area contributed by atoms with E-state index >= 15 is 0 Å². The molecule has 19 heavy (non-hydrogen) atoms. The molecule has 0 rings (SSSR count). The highest BCUT2D eigenvalue weighted by Crippen LogP contribution is 1.98. The molecule has 0 atom stereocenters. The number of allylic oxidation sites excluding steroid dienone is 1. The van der Waals surface area contributed by atoms with Crippen LogP contribution >= 0.6 is 0 Å². The van der Waals surface area contributed by atoms with E-state index in [0.717, 1.165) is 45.2 Å². The van der Waals surface area contributed by atoms with E-state index in [4.69, 9.17) is 0 Å². The van der Waals surface area contributed by atoms with Crippen molar-refractivity contribution in [2.45, 2.75) is 52.9 Å². The lowest BCUT2D eigenvalue weighted by Crippen LogP contribution is -2.28. The molecule has 0 heterocycles. The summed E-state index contributed by atoms with van der Waals surface area (Å²) in [5, 5.41) is 5.74. The molecule has 2 N–H and O–H groups in total. The molecule has 4 nitrogen and oxygen atoms in total. The average Bonchev–Trinajstić information content (AvgIpc) is 2.38. The lowest BCUT2D eigenvalue weighted by molar-refractivity contribution is -0.124. The fraction of sp³-hybridized carbons (Fsp3) is 0.733. The Balaban J connectivity index is 3.30. The van der Waals surface area contributed by atoms with Gasteiger partial charge in [-0.2, -0.15) is 0 Å². The Kier molecular flexibility index (Phi) is 10.9. The predicted octanol–water partition coefficient (Wildman–Crippen LogP) is 2.40. The van der Waals surface area contributed by atoms with Gasteiger partial charge in [-0.05, 0) is 25.3 Å². The molecule has 0 aliphatic carbocycles. The van der Waals surface area contributed by atoms with Gasteiger partial charge in [-0.3, -0.25) is 9.59 Å². The number of hydrogen-bond donors (Lipinski definition) is 2. The van der Waals surface area contributed by atoms with Crippen molar-refractivity contribution in [3.8, 4) is 0 Å². The summed E-state index contributed by atoms with van der Waals surface area (Å²) in [6.45, 7) is 7.27. The minimum atomic E-state index is -0.00829. The molecule has 0 aliphatic rings. The molecule has 0 bridgehead atoms. The second kappa shape index (κ2) is 11.8. The van der Waals surface area contributed by atoms with E-state index in [2.05, 4.69) is 10.6 Å². The summed E-state index contributed by atoms with van der Waals surface area (Å²) in [5.74, 6) is 0.174. The summed E-state index contributed by atoms with van der Waals surface area (Å²) < 4.78 is 0. The summed E-state index contributed by atoms with van der Waals surface area (Å²) in [5.41, 5.74) is 0. The van der Waals surface area contributed by atoms with Gasteiger partial charge in [0.25, 0.3) is 0 Å². The van der Waals surface area contributed by atoms with Gasteiger partial charge in [0.15, 0.2) is 0 Å². The Morgan fingerprint density at radius 2 is 1.58 bits per heavy atom. The van der Waals surface area contributed by atoms with Crippen molar-refractivity contribution in [2.75, 3.05) is 13.1 Å². The topological polar surface area (TPSA) is 58.2 Å². The van der Waals surface area contributed by atoms with Crippen LogP contribution in [-0.4, -0.2) is 24.9 Å². The second-order valence-corrected chi connectivity index (χ2v) is 4.96. The highest BCUT2D eigenvalue weighted by atomic mass is 16.2. The highest BCUT2D eigenvalue weighted by molar-refractivity contribution is 5.87. The second-order valence-electron chi connectivity index (χ2n) is 4.96. The standard InChI is InChI=1S/C15H28N2O2/c1-4-5-10-14(18)16-11-8-6-7-9-12-17-15(19)13(2)3/h5,10,13H,4,6-9,11-12H2,1-3H3,(H,16,18)(H,17,19)/b10-5+. The maximum atomic E-state index is 11.3. The third-order valence-electron chi connectivity index (χ3n) is 2.73. The van der Waals surface area contributed by atoms with Crippen molar-refractivity contribution in [1.82, 2.24) is 10.6 Å². The van der Waals surface area contributed by atoms with Crippen LogP contribution in [0.2, 0.25) is 0 Å². The summed E-state index contributed by atoms with van der Waals surface area (Å²) in [7, 11) is 0. The van der Waals surface area contributed by atoms with Gasteiger partial charge in [-0.25, -0.2) is 0 Å². The van der Waals surface area contributed by atoms with Gasteiger partial charge in [0.05, 0.1) is 0 Å². The fourth-order valence-corrected chi connectivity index (χ4v) is 1.51. The first-order valence-corrected chi connectivity index (χ1v) is 7.30. The molecule has 0 unspecified atom stereocenters. The Morgan fingerprint density at radius 1 is 1.00 bits per heavy atom. The third-order valence-corrected chi connectivity index (χ3v) is 2.73. The van der Waals surface area contributed by atoms with Crippen molar-refractivity contribution >= 4 is 11.8 Å². The molecule has 0 aliphatic heterocycles. The van der Waals surface area contributed by atoms with Crippen LogP contribution < -0.4 is 10.6 Å². The van der Waals surface area contributed by atoms with E-state index in [1.54, 1.807) is 6.08 Å². The smallest absolute Gasteiger partial charge is 0.243 e. The number of rotatable bonds is 10. The van der Waals surface area contributed by atoms with Gasteiger partial charge < -0.3 is 10.6 Å². The van der Waals surface area contributed by atoms with Crippen LogP contribution in [0.4, 0.5) is 0 Å². The van der Waals surface area contributed by atoms with E-state index < -0.39 is 0 Å². The zero-order chi connectivity index (χ0) is 14.5. The van der Waals surface area contributed by atoms with Gasteiger partial charge in [0.2, 0.25) is 11.8 Å². The molecule has 0 spiro atoms. The molecule has 0 aromatic heterocycles. The van der Waals surface area contributed by atoms with Crippen LogP contribution in [0, 0.1) is 5.92 Å². The zero-order valence-electron chi connectivity index (χ0n) is 12.5. The largest absolute Gasteiger partial charge is 0.356 e. The first-order chi connectivity index (χ1) is 9.07. The highest BCUT2D eigenvalue weighted by Gasteiger charge is 2.04. The first kappa shape index (κ1) is 17.7. The van der Waals surface area contributed by atoms with Crippen LogP contribution in [0.1, 0.15) is 52.9 Å². The third kappa shape index (κ3) is 11.5. The van der Waals surface area contributed by atoms with Gasteiger partial charge in [-0.15, -0.1) is 0 Å². The fourth-order valence-electron chi connectivity index (χ4n) is 1.51. The minimum absolute atomic E-state index is 0.00829. The molecule has 0 aromatic rings. The van der Waals surface area contributed by atoms with Gasteiger partial charge >= 0.3 is 0 Å². The number of carbonyl (C=O) groups excluding carboxylic acids is 2. The van der Waals surface area contributed by atoms with E-state index in [-0.39, 0.29) is 17.7 Å². The van der Waals surface area contributed by atoms with Gasteiger partial charge in [0.1, 0.15) is 0 Å². The van der Waals surface area contributed by atoms with Crippen molar-refractivity contribution in [3.05, 3.63) is 12.2 Å². The molecule has 0 saturated heterocycles. The molecule has 0 saturated carbocycles. The maximum absolute atomic E-state index is 11.3. The van der Waals surface area contributed by atoms with Crippen molar-refractivity contribution in [1.29, 1.82) is 0 Å². The van der Waals surface area contributed by atoms with Crippen molar-refractivity contribution in [2.24, 2.45) is 5.92 Å². The van der Waals surface area contributed by atoms with Crippen LogP contribution in [0.5, 0.6) is 0 Å². The quantitative estimate of drug-likeness (QED) is 0.472. The summed E-state index contributed by atoms with van der Waals surface area (Å²) in [4.78, 5) is 22.5. The Morgan fingerprint density at radius 3 is 2.11 bits per heavy atom. The van der Waals surface area contributed by atoms with Crippen LogP contribution in [-0.2, 0) is 9.59 Å². The molecular weight excluding hydrogens is 240 g/mol. The Hall–Kier alpha value is -1.32. The summed E-state index contributed by atoms with van der Waals surface area (Å²) >= 11 is 0. The van der Waals surface area contributed by atoms with E-state index in [0.29, 0.717) is 0 Å². The Labute approximate surface area is 117 Å². The van der Waals surface area contributed by atoms with Crippen molar-refractivity contribution in [3.63, 3.8) is 0 Å². The molecule has 110 valence electrons. The van der Waals surface area contributed by atoms with Crippen LogP contribution in [0.3, 0.4) is 0 Å². The number of hydrogen-bond acceptors (Lipinski definition) is 2. The van der Waals surface area contributed by atoms with Gasteiger partial charge in [0, 0.05) is 19.0 Å². The molecular formula is C15H28N2O2. The number of amides is 2. The molecule has 0 aromatic carbocycles. The van der Waals surface area contributed by atoms with Crippen LogP contribution in [0.25, 0.3) is 0 Å². The molecule has 2 amide bonds. The van der Waals surface area contributed by atoms with Crippen LogP contribution in [0.15, 0.2) is 12.2 Å². The maximum Gasteiger partial charge on any atom is 0.243 e.